The van der Waals surface area contributed by atoms with E-state index in [0.717, 1.165) is 40.0 Å². The number of aromatic nitrogens is 1. The van der Waals surface area contributed by atoms with E-state index in [2.05, 4.69) is 18.8 Å². The van der Waals surface area contributed by atoms with Crippen LogP contribution in [0.15, 0.2) is 36.9 Å². The lowest BCUT2D eigenvalue weighted by Crippen LogP contribution is -2.08. The van der Waals surface area contributed by atoms with Crippen LogP contribution in [0.25, 0.3) is 16.7 Å². The molecule has 0 bridgehead atoms. The summed E-state index contributed by atoms with van der Waals surface area (Å²) in [7, 11) is 0.868. The number of pyridine rings is 1. The molecule has 0 fully saturated rings. The first-order valence-corrected chi connectivity index (χ1v) is 8.42. The Bertz CT molecular complexity index is 791. The van der Waals surface area contributed by atoms with Crippen molar-refractivity contribution in [3.63, 3.8) is 0 Å². The molecule has 1 aromatic heterocycles. The first kappa shape index (κ1) is 17.4. The number of methoxy groups -OCH3 is 1. The Balaban J connectivity index is 1.99. The Morgan fingerprint density at radius 1 is 1.24 bits per heavy atom. The van der Waals surface area contributed by atoms with Crippen molar-refractivity contribution in [3.8, 4) is 22.6 Å². The second-order valence-electron chi connectivity index (χ2n) is 6.01. The maximum absolute atomic E-state index is 9.59. The maximum atomic E-state index is 9.59. The van der Waals surface area contributed by atoms with E-state index in [-0.39, 0.29) is 0 Å². The Labute approximate surface area is 148 Å². The highest BCUT2D eigenvalue weighted by atomic mass is 16.5. The van der Waals surface area contributed by atoms with Crippen molar-refractivity contribution in [2.24, 2.45) is 0 Å². The molecule has 1 aromatic carbocycles. The summed E-state index contributed by atoms with van der Waals surface area (Å²) in [6.45, 7) is 4.76. The normalized spacial score (nSPS) is 13.4. The van der Waals surface area contributed by atoms with E-state index >= 15 is 0 Å². The molecule has 0 aliphatic carbocycles. The average Bonchev–Trinajstić information content (AvgIpc) is 3.06. The highest BCUT2D eigenvalue weighted by molar-refractivity contribution is 6.47. The molecule has 0 unspecified atom stereocenters. The summed E-state index contributed by atoms with van der Waals surface area (Å²) in [4.78, 5) is 4.38. The molecular weight excluding hydrogens is 317 g/mol. The number of benzene rings is 1. The molecule has 130 valence electrons. The molecule has 0 amide bonds. The fourth-order valence-corrected chi connectivity index (χ4v) is 2.93. The summed E-state index contributed by atoms with van der Waals surface area (Å²) in [5.41, 5.74) is 5.06. The van der Waals surface area contributed by atoms with Gasteiger partial charge in [0.05, 0.1) is 20.0 Å². The van der Waals surface area contributed by atoms with E-state index in [9.17, 15) is 5.02 Å². The Hall–Kier alpha value is -2.47. The van der Waals surface area contributed by atoms with Crippen LogP contribution in [0.2, 0.25) is 6.32 Å². The first-order chi connectivity index (χ1) is 12.1. The lowest BCUT2D eigenvalue weighted by atomic mass is 9.81. The quantitative estimate of drug-likeness (QED) is 0.813. The van der Waals surface area contributed by atoms with Gasteiger partial charge in [0.15, 0.2) is 11.5 Å². The number of rotatable bonds is 6. The molecule has 0 radical (unpaired) electrons. The smallest absolute Gasteiger partial charge is 0.526 e. The minimum atomic E-state index is -0.770. The minimum Gasteiger partial charge on any atom is -0.542 e. The molecule has 5 nitrogen and oxygen atoms in total. The number of hydrogen-bond donors (Lipinski definition) is 1. The van der Waals surface area contributed by atoms with E-state index in [0.29, 0.717) is 18.7 Å². The van der Waals surface area contributed by atoms with Gasteiger partial charge in [0, 0.05) is 29.8 Å². The van der Waals surface area contributed by atoms with Crippen LogP contribution in [0.1, 0.15) is 24.5 Å². The van der Waals surface area contributed by atoms with Crippen molar-refractivity contribution >= 4 is 12.7 Å². The summed E-state index contributed by atoms with van der Waals surface area (Å²) in [6.07, 6.45) is 6.67. The maximum Gasteiger partial charge on any atom is 0.526 e. The Kier molecular flexibility index (Phi) is 5.29. The molecule has 0 saturated carbocycles. The zero-order valence-corrected chi connectivity index (χ0v) is 14.8. The van der Waals surface area contributed by atoms with Gasteiger partial charge in [-0.3, -0.25) is 4.98 Å². The van der Waals surface area contributed by atoms with Gasteiger partial charge in [-0.15, -0.1) is 0 Å². The third kappa shape index (κ3) is 3.64. The summed E-state index contributed by atoms with van der Waals surface area (Å²) in [5, 5.41) is 9.59. The van der Waals surface area contributed by atoms with Crippen LogP contribution in [0.5, 0.6) is 11.5 Å². The summed E-state index contributed by atoms with van der Waals surface area (Å²) >= 11 is 0. The second kappa shape index (κ2) is 7.61. The van der Waals surface area contributed by atoms with Gasteiger partial charge in [0.1, 0.15) is 0 Å². The third-order valence-corrected chi connectivity index (χ3v) is 4.26. The van der Waals surface area contributed by atoms with Crippen molar-refractivity contribution in [3.05, 3.63) is 48.0 Å². The number of nitrogens with zero attached hydrogens (tertiary/aromatic N) is 1. The van der Waals surface area contributed by atoms with Gasteiger partial charge in [-0.05, 0) is 42.2 Å². The first-order valence-electron chi connectivity index (χ1n) is 8.42. The Morgan fingerprint density at radius 3 is 2.72 bits per heavy atom. The van der Waals surface area contributed by atoms with E-state index in [1.165, 1.54) is 0 Å². The molecule has 0 spiro atoms. The molecular formula is C19H22BNO4. The van der Waals surface area contributed by atoms with Gasteiger partial charge in [-0.1, -0.05) is 13.0 Å². The zero-order valence-electron chi connectivity index (χ0n) is 14.8. The van der Waals surface area contributed by atoms with Crippen LogP contribution in [0, 0.1) is 6.92 Å². The van der Waals surface area contributed by atoms with Crippen LogP contribution in [0.4, 0.5) is 0 Å². The van der Waals surface area contributed by atoms with Crippen molar-refractivity contribution in [2.75, 3.05) is 13.7 Å². The van der Waals surface area contributed by atoms with Gasteiger partial charge in [-0.25, -0.2) is 0 Å². The highest BCUT2D eigenvalue weighted by Crippen LogP contribution is 2.36. The number of hydrogen-bond acceptors (Lipinski definition) is 5. The van der Waals surface area contributed by atoms with Gasteiger partial charge in [0.25, 0.3) is 0 Å². The van der Waals surface area contributed by atoms with Crippen LogP contribution in [-0.2, 0) is 4.65 Å². The molecule has 0 atom stereocenters. The lowest BCUT2D eigenvalue weighted by molar-refractivity contribution is 0.294. The Morgan fingerprint density at radius 2 is 2.04 bits per heavy atom. The summed E-state index contributed by atoms with van der Waals surface area (Å²) < 4.78 is 16.3. The molecule has 2 aromatic rings. The second-order valence-corrected chi connectivity index (χ2v) is 6.01. The molecule has 2 heterocycles. The van der Waals surface area contributed by atoms with Gasteiger partial charge in [0.2, 0.25) is 0 Å². The van der Waals surface area contributed by atoms with Crippen molar-refractivity contribution in [1.82, 2.24) is 4.98 Å². The van der Waals surface area contributed by atoms with E-state index in [1.54, 1.807) is 13.4 Å². The lowest BCUT2D eigenvalue weighted by Gasteiger charge is -2.14. The molecule has 6 heteroatoms. The zero-order chi connectivity index (χ0) is 17.8. The fourth-order valence-electron chi connectivity index (χ4n) is 2.93. The largest absolute Gasteiger partial charge is 0.542 e. The molecule has 3 rings (SSSR count). The average molecular weight is 339 g/mol. The fraction of sp³-hybridized carbons (Fsp3) is 0.316. The molecule has 1 aliphatic heterocycles. The molecule has 0 saturated heterocycles. The minimum absolute atomic E-state index is 0.472. The SMILES string of the molecule is CCCOc1cc(-c2cncc(C3=COB(O)C3)c2C)ccc1OC. The number of allylic oxidation sites excluding steroid dienone is 1. The molecule has 1 aliphatic rings. The topological polar surface area (TPSA) is 60.8 Å². The highest BCUT2D eigenvalue weighted by Gasteiger charge is 2.25. The monoisotopic (exact) mass is 339 g/mol. The van der Waals surface area contributed by atoms with Crippen LogP contribution in [-0.4, -0.2) is 30.8 Å². The van der Waals surface area contributed by atoms with E-state index in [1.807, 2.05) is 30.6 Å². The van der Waals surface area contributed by atoms with Crippen LogP contribution >= 0.6 is 0 Å². The van der Waals surface area contributed by atoms with Gasteiger partial charge >= 0.3 is 7.12 Å². The van der Waals surface area contributed by atoms with Gasteiger partial charge in [-0.2, -0.15) is 0 Å². The molecule has 25 heavy (non-hydrogen) atoms. The standard InChI is InChI=1S/C19H22BNO4/c1-4-7-24-19-8-14(5-6-18(19)23-3)16-10-21-11-17(13(16)2)15-9-20(22)25-12-15/h5-6,8,10-12,22H,4,7,9H2,1-3H3. The predicted molar refractivity (Wildman–Crippen MR) is 98.6 cm³/mol. The van der Waals surface area contributed by atoms with Crippen LogP contribution < -0.4 is 9.47 Å². The predicted octanol–water partition coefficient (Wildman–Crippen LogP) is 3.71. The number of ether oxygens (including phenoxy) is 2. The van der Waals surface area contributed by atoms with Crippen molar-refractivity contribution in [1.29, 1.82) is 0 Å². The van der Waals surface area contributed by atoms with Crippen LogP contribution in [0.3, 0.4) is 0 Å². The third-order valence-electron chi connectivity index (χ3n) is 4.26. The van der Waals surface area contributed by atoms with Gasteiger partial charge < -0.3 is 19.2 Å². The summed E-state index contributed by atoms with van der Waals surface area (Å²) in [5.74, 6) is 1.44. The van der Waals surface area contributed by atoms with E-state index in [4.69, 9.17) is 14.1 Å². The van der Waals surface area contributed by atoms with Crippen molar-refractivity contribution in [2.45, 2.75) is 26.6 Å². The summed E-state index contributed by atoms with van der Waals surface area (Å²) in [6, 6.07) is 5.89. The van der Waals surface area contributed by atoms with Crippen molar-refractivity contribution < 1.29 is 19.2 Å². The molecule has 1 N–H and O–H groups in total. The van der Waals surface area contributed by atoms with E-state index < -0.39 is 7.12 Å².